The number of pyridine rings is 2. The Hall–Kier alpha value is -3.14. The van der Waals surface area contributed by atoms with Gasteiger partial charge in [-0.25, -0.2) is 9.97 Å². The van der Waals surface area contributed by atoms with Crippen molar-refractivity contribution < 1.29 is 4.79 Å². The topological polar surface area (TPSA) is 76.4 Å². The molecule has 0 spiro atoms. The van der Waals surface area contributed by atoms with Gasteiger partial charge in [-0.05, 0) is 37.1 Å². The highest BCUT2D eigenvalue weighted by molar-refractivity contribution is 5.99. The van der Waals surface area contributed by atoms with Crippen LogP contribution in [-0.4, -0.2) is 60.0 Å². The van der Waals surface area contributed by atoms with Gasteiger partial charge in [0, 0.05) is 51.7 Å². The molecule has 138 valence electrons. The zero-order valence-electron chi connectivity index (χ0n) is 15.2. The molecule has 2 aliphatic heterocycles. The number of nitrogens with zero attached hydrogens (tertiary/aromatic N) is 6. The van der Waals surface area contributed by atoms with Crippen LogP contribution in [0.25, 0.3) is 0 Å². The van der Waals surface area contributed by atoms with Crippen LogP contribution in [0.3, 0.4) is 0 Å². The normalized spacial score (nSPS) is 17.1. The lowest BCUT2D eigenvalue weighted by atomic mass is 10.2. The molecule has 1 amide bonds. The maximum absolute atomic E-state index is 13.1. The smallest absolute Gasteiger partial charge is 0.257 e. The third-order valence-corrected chi connectivity index (χ3v) is 5.19. The minimum atomic E-state index is 0.0448. The van der Waals surface area contributed by atoms with Gasteiger partial charge in [0.25, 0.3) is 5.91 Å². The molecule has 2 fully saturated rings. The van der Waals surface area contributed by atoms with Crippen LogP contribution in [0.2, 0.25) is 0 Å². The fourth-order valence-corrected chi connectivity index (χ4v) is 3.71. The van der Waals surface area contributed by atoms with Crippen LogP contribution in [-0.2, 0) is 0 Å². The van der Waals surface area contributed by atoms with Crippen molar-refractivity contribution in [1.82, 2.24) is 14.9 Å². The van der Waals surface area contributed by atoms with Gasteiger partial charge in [0.05, 0.1) is 17.2 Å². The van der Waals surface area contributed by atoms with Crippen LogP contribution in [0.1, 0.15) is 28.8 Å². The van der Waals surface area contributed by atoms with Crippen molar-refractivity contribution in [2.75, 3.05) is 49.1 Å². The number of hydrogen-bond acceptors (Lipinski definition) is 6. The maximum Gasteiger partial charge on any atom is 0.257 e. The van der Waals surface area contributed by atoms with Crippen molar-refractivity contribution in [3.8, 4) is 6.07 Å². The van der Waals surface area contributed by atoms with E-state index >= 15 is 0 Å². The molecule has 7 heteroatoms. The van der Waals surface area contributed by atoms with E-state index < -0.39 is 0 Å². The van der Waals surface area contributed by atoms with Crippen molar-refractivity contribution >= 4 is 17.5 Å². The third kappa shape index (κ3) is 3.56. The first-order chi connectivity index (χ1) is 13.3. The minimum Gasteiger partial charge on any atom is -0.356 e. The number of amides is 1. The first-order valence-electron chi connectivity index (χ1n) is 9.36. The van der Waals surface area contributed by atoms with E-state index in [1.165, 1.54) is 0 Å². The van der Waals surface area contributed by atoms with E-state index in [1.54, 1.807) is 24.5 Å². The fourth-order valence-electron chi connectivity index (χ4n) is 3.71. The molecular weight excluding hydrogens is 340 g/mol. The Bertz CT molecular complexity index is 863. The molecule has 0 aliphatic carbocycles. The van der Waals surface area contributed by atoms with Gasteiger partial charge in [0.15, 0.2) is 0 Å². The minimum absolute atomic E-state index is 0.0448. The van der Waals surface area contributed by atoms with Gasteiger partial charge in [-0.1, -0.05) is 0 Å². The van der Waals surface area contributed by atoms with Crippen molar-refractivity contribution in [1.29, 1.82) is 5.26 Å². The average molecular weight is 362 g/mol. The lowest BCUT2D eigenvalue weighted by Gasteiger charge is -2.36. The molecule has 7 nitrogen and oxygen atoms in total. The zero-order chi connectivity index (χ0) is 18.6. The summed E-state index contributed by atoms with van der Waals surface area (Å²) in [5.41, 5.74) is 1.29. The number of rotatable bonds is 3. The summed E-state index contributed by atoms with van der Waals surface area (Å²) in [5.74, 6) is 1.65. The monoisotopic (exact) mass is 362 g/mol. The molecule has 27 heavy (non-hydrogen) atoms. The molecule has 2 saturated heterocycles. The van der Waals surface area contributed by atoms with Gasteiger partial charge >= 0.3 is 0 Å². The SMILES string of the molecule is N#Cc1ccnc(N2CCN(C(=O)c3cccnc3N3CCCC3)CC2)c1. The Labute approximate surface area is 158 Å². The van der Waals surface area contributed by atoms with Crippen LogP contribution < -0.4 is 9.80 Å². The highest BCUT2D eigenvalue weighted by Crippen LogP contribution is 2.24. The molecule has 0 unspecified atom stereocenters. The zero-order valence-corrected chi connectivity index (χ0v) is 15.2. The molecule has 2 aliphatic rings. The Morgan fingerprint density at radius 2 is 1.74 bits per heavy atom. The van der Waals surface area contributed by atoms with E-state index in [0.717, 1.165) is 37.6 Å². The van der Waals surface area contributed by atoms with Gasteiger partial charge in [0.2, 0.25) is 0 Å². The fraction of sp³-hybridized carbons (Fsp3) is 0.400. The molecular formula is C20H22N6O. The molecule has 0 aromatic carbocycles. The summed E-state index contributed by atoms with van der Waals surface area (Å²) >= 11 is 0. The number of anilines is 2. The lowest BCUT2D eigenvalue weighted by Crippen LogP contribution is -2.49. The Kier molecular flexibility index (Phi) is 4.88. The molecule has 0 bridgehead atoms. The van der Waals surface area contributed by atoms with E-state index in [4.69, 9.17) is 5.26 Å². The van der Waals surface area contributed by atoms with E-state index in [2.05, 4.69) is 25.8 Å². The highest BCUT2D eigenvalue weighted by Gasteiger charge is 2.27. The van der Waals surface area contributed by atoms with E-state index in [1.807, 2.05) is 17.0 Å². The van der Waals surface area contributed by atoms with Crippen molar-refractivity contribution in [2.45, 2.75) is 12.8 Å². The molecule has 0 radical (unpaired) electrons. The van der Waals surface area contributed by atoms with Crippen molar-refractivity contribution in [3.05, 3.63) is 47.8 Å². The van der Waals surface area contributed by atoms with E-state index in [-0.39, 0.29) is 5.91 Å². The van der Waals surface area contributed by atoms with Crippen molar-refractivity contribution in [2.24, 2.45) is 0 Å². The summed E-state index contributed by atoms with van der Waals surface area (Å²) in [6.45, 7) is 4.59. The first kappa shape index (κ1) is 17.3. The summed E-state index contributed by atoms with van der Waals surface area (Å²) in [5, 5.41) is 9.06. The molecule has 2 aromatic rings. The van der Waals surface area contributed by atoms with E-state index in [9.17, 15) is 4.79 Å². The van der Waals surface area contributed by atoms with Crippen LogP contribution in [0.4, 0.5) is 11.6 Å². The lowest BCUT2D eigenvalue weighted by molar-refractivity contribution is 0.0747. The van der Waals surface area contributed by atoms with Gasteiger partial charge in [-0.3, -0.25) is 4.79 Å². The second kappa shape index (κ2) is 7.62. The van der Waals surface area contributed by atoms with Gasteiger partial charge in [0.1, 0.15) is 11.6 Å². The second-order valence-corrected chi connectivity index (χ2v) is 6.86. The van der Waals surface area contributed by atoms with Gasteiger partial charge in [-0.2, -0.15) is 5.26 Å². The predicted molar refractivity (Wildman–Crippen MR) is 103 cm³/mol. The van der Waals surface area contributed by atoms with Gasteiger partial charge in [-0.15, -0.1) is 0 Å². The van der Waals surface area contributed by atoms with Gasteiger partial charge < -0.3 is 14.7 Å². The number of aromatic nitrogens is 2. The number of hydrogen-bond donors (Lipinski definition) is 0. The standard InChI is InChI=1S/C20H22N6O/c21-15-16-5-7-22-18(14-16)24-10-12-26(13-11-24)20(27)17-4-3-6-23-19(17)25-8-1-2-9-25/h3-7,14H,1-2,8-13H2. The summed E-state index contributed by atoms with van der Waals surface area (Å²) in [4.78, 5) is 28.2. The van der Waals surface area contributed by atoms with Crippen LogP contribution in [0.5, 0.6) is 0 Å². The molecule has 0 atom stereocenters. The van der Waals surface area contributed by atoms with Crippen LogP contribution >= 0.6 is 0 Å². The Morgan fingerprint density at radius 3 is 2.48 bits per heavy atom. The number of piperazine rings is 1. The summed E-state index contributed by atoms with van der Waals surface area (Å²) in [6, 6.07) is 9.36. The summed E-state index contributed by atoms with van der Waals surface area (Å²) in [6.07, 6.45) is 5.72. The van der Waals surface area contributed by atoms with E-state index in [0.29, 0.717) is 37.3 Å². The Balaban J connectivity index is 1.46. The van der Waals surface area contributed by atoms with Crippen LogP contribution in [0.15, 0.2) is 36.7 Å². The molecule has 0 N–H and O–H groups in total. The first-order valence-corrected chi connectivity index (χ1v) is 9.36. The number of carbonyl (C=O) groups is 1. The average Bonchev–Trinajstić information content (AvgIpc) is 3.28. The predicted octanol–water partition coefficient (Wildman–Crippen LogP) is 1.91. The highest BCUT2D eigenvalue weighted by atomic mass is 16.2. The second-order valence-electron chi connectivity index (χ2n) is 6.86. The molecule has 4 rings (SSSR count). The molecule has 4 heterocycles. The number of carbonyl (C=O) groups excluding carboxylic acids is 1. The maximum atomic E-state index is 13.1. The summed E-state index contributed by atoms with van der Waals surface area (Å²) in [7, 11) is 0. The summed E-state index contributed by atoms with van der Waals surface area (Å²) < 4.78 is 0. The van der Waals surface area contributed by atoms with Crippen LogP contribution in [0, 0.1) is 11.3 Å². The quantitative estimate of drug-likeness (QED) is 0.830. The number of nitriles is 1. The molecule has 2 aromatic heterocycles. The third-order valence-electron chi connectivity index (χ3n) is 5.19. The largest absolute Gasteiger partial charge is 0.356 e. The molecule has 0 saturated carbocycles. The van der Waals surface area contributed by atoms with Crippen molar-refractivity contribution in [3.63, 3.8) is 0 Å². The Morgan fingerprint density at radius 1 is 0.963 bits per heavy atom.